The Bertz CT molecular complexity index is 820. The van der Waals surface area contributed by atoms with E-state index in [0.717, 1.165) is 30.0 Å². The third-order valence-corrected chi connectivity index (χ3v) is 5.30. The number of carbonyl (C=O) groups excluding carboxylic acids is 1. The zero-order valence-corrected chi connectivity index (χ0v) is 16.4. The Balaban J connectivity index is 1.59. The summed E-state index contributed by atoms with van der Waals surface area (Å²) in [6.45, 7) is 2.67. The molecule has 2 aromatic carbocycles. The molecule has 2 aromatic rings. The van der Waals surface area contributed by atoms with Crippen LogP contribution in [0.1, 0.15) is 42.0 Å². The first-order valence-electron chi connectivity index (χ1n) is 9.84. The van der Waals surface area contributed by atoms with Crippen molar-refractivity contribution in [2.24, 2.45) is 0 Å². The monoisotopic (exact) mass is 377 g/mol. The molecule has 0 radical (unpaired) electrons. The van der Waals surface area contributed by atoms with Gasteiger partial charge in [0.05, 0.1) is 24.8 Å². The number of methoxy groups -OCH3 is 1. The van der Waals surface area contributed by atoms with Gasteiger partial charge >= 0.3 is 0 Å². The number of benzene rings is 2. The number of rotatable bonds is 8. The van der Waals surface area contributed by atoms with Crippen LogP contribution in [0, 0.1) is 11.3 Å². The lowest BCUT2D eigenvalue weighted by atomic mass is 10.0. The topological polar surface area (TPSA) is 65.4 Å². The smallest absolute Gasteiger partial charge is 0.220 e. The molecule has 0 aromatic heterocycles. The average Bonchev–Trinajstić information content (AvgIpc) is 3.27. The van der Waals surface area contributed by atoms with Crippen molar-refractivity contribution >= 4 is 5.91 Å². The van der Waals surface area contributed by atoms with Gasteiger partial charge < -0.3 is 10.1 Å². The number of nitrogens with one attached hydrogen (secondary N) is 1. The van der Waals surface area contributed by atoms with Gasteiger partial charge in [0, 0.05) is 18.5 Å². The molecule has 1 unspecified atom stereocenters. The van der Waals surface area contributed by atoms with E-state index in [4.69, 9.17) is 10.00 Å². The van der Waals surface area contributed by atoms with Crippen molar-refractivity contribution in [2.45, 2.75) is 31.7 Å². The van der Waals surface area contributed by atoms with Crippen LogP contribution in [-0.2, 0) is 11.2 Å². The Hall–Kier alpha value is -2.84. The van der Waals surface area contributed by atoms with E-state index in [1.54, 1.807) is 19.2 Å². The van der Waals surface area contributed by atoms with Crippen LogP contribution in [0.5, 0.6) is 5.75 Å². The zero-order valence-electron chi connectivity index (χ0n) is 16.4. The first kappa shape index (κ1) is 19.9. The zero-order chi connectivity index (χ0) is 19.8. The van der Waals surface area contributed by atoms with Gasteiger partial charge in [0.1, 0.15) is 5.75 Å². The first-order valence-corrected chi connectivity index (χ1v) is 9.84. The highest BCUT2D eigenvalue weighted by atomic mass is 16.5. The summed E-state index contributed by atoms with van der Waals surface area (Å²) in [6, 6.07) is 17.7. The molecule has 1 amide bonds. The molecule has 0 aliphatic carbocycles. The highest BCUT2D eigenvalue weighted by Crippen LogP contribution is 2.31. The Morgan fingerprint density at radius 1 is 1.18 bits per heavy atom. The summed E-state index contributed by atoms with van der Waals surface area (Å²) < 4.78 is 5.55. The second-order valence-corrected chi connectivity index (χ2v) is 7.11. The van der Waals surface area contributed by atoms with E-state index in [9.17, 15) is 4.79 Å². The number of para-hydroxylation sites is 1. The number of nitrogens with zero attached hydrogens (tertiary/aromatic N) is 2. The van der Waals surface area contributed by atoms with Gasteiger partial charge in [-0.05, 0) is 56.1 Å². The predicted octanol–water partition coefficient (Wildman–Crippen LogP) is 3.45. The number of aryl methyl sites for hydroxylation is 1. The van der Waals surface area contributed by atoms with Gasteiger partial charge in [-0.25, -0.2) is 0 Å². The summed E-state index contributed by atoms with van der Waals surface area (Å²) in [4.78, 5) is 14.9. The number of nitriles is 1. The summed E-state index contributed by atoms with van der Waals surface area (Å²) >= 11 is 0. The van der Waals surface area contributed by atoms with Crippen LogP contribution in [0.25, 0.3) is 0 Å². The molecule has 0 saturated carbocycles. The van der Waals surface area contributed by atoms with Gasteiger partial charge in [-0.3, -0.25) is 9.69 Å². The number of hydrogen-bond donors (Lipinski definition) is 1. The molecular weight excluding hydrogens is 350 g/mol. The Kier molecular flexibility index (Phi) is 7.05. The predicted molar refractivity (Wildman–Crippen MR) is 109 cm³/mol. The summed E-state index contributed by atoms with van der Waals surface area (Å²) in [5.74, 6) is 0.912. The lowest BCUT2D eigenvalue weighted by molar-refractivity contribution is -0.121. The van der Waals surface area contributed by atoms with Crippen molar-refractivity contribution in [2.75, 3.05) is 26.7 Å². The SMILES string of the molecule is COc1ccccc1C(CNC(=O)CCc1ccc(C#N)cc1)N1CCCC1. The summed E-state index contributed by atoms with van der Waals surface area (Å²) in [7, 11) is 1.69. The third kappa shape index (κ3) is 5.11. The largest absolute Gasteiger partial charge is 0.496 e. The van der Waals surface area contributed by atoms with E-state index in [0.29, 0.717) is 24.9 Å². The van der Waals surface area contributed by atoms with E-state index in [1.807, 2.05) is 30.3 Å². The lowest BCUT2D eigenvalue weighted by Gasteiger charge is -2.29. The van der Waals surface area contributed by atoms with Gasteiger partial charge in [0.15, 0.2) is 0 Å². The van der Waals surface area contributed by atoms with E-state index < -0.39 is 0 Å². The number of likely N-dealkylation sites (tertiary alicyclic amines) is 1. The minimum Gasteiger partial charge on any atom is -0.496 e. The Morgan fingerprint density at radius 2 is 1.89 bits per heavy atom. The van der Waals surface area contributed by atoms with Crippen molar-refractivity contribution < 1.29 is 9.53 Å². The molecule has 0 bridgehead atoms. The standard InChI is InChI=1S/C23H27N3O2/c1-28-22-7-3-2-6-20(22)21(26-14-4-5-15-26)17-25-23(27)13-12-18-8-10-19(16-24)11-9-18/h2-3,6-11,21H,4-5,12-15,17H2,1H3,(H,25,27). The summed E-state index contributed by atoms with van der Waals surface area (Å²) in [6.07, 6.45) is 3.49. The average molecular weight is 377 g/mol. The van der Waals surface area contributed by atoms with Crippen LogP contribution in [0.15, 0.2) is 48.5 Å². The van der Waals surface area contributed by atoms with E-state index in [-0.39, 0.29) is 11.9 Å². The molecule has 5 nitrogen and oxygen atoms in total. The summed E-state index contributed by atoms with van der Waals surface area (Å²) in [5.41, 5.74) is 2.83. The van der Waals surface area contributed by atoms with Crippen molar-refractivity contribution in [3.63, 3.8) is 0 Å². The number of ether oxygens (including phenoxy) is 1. The molecule has 146 valence electrons. The van der Waals surface area contributed by atoms with Crippen molar-refractivity contribution in [3.8, 4) is 11.8 Å². The lowest BCUT2D eigenvalue weighted by Crippen LogP contribution is -2.37. The molecule has 0 spiro atoms. The minimum absolute atomic E-state index is 0.0449. The molecule has 1 atom stereocenters. The Labute approximate surface area is 166 Å². The van der Waals surface area contributed by atoms with Crippen LogP contribution in [0.3, 0.4) is 0 Å². The van der Waals surface area contributed by atoms with Crippen molar-refractivity contribution in [3.05, 3.63) is 65.2 Å². The van der Waals surface area contributed by atoms with Gasteiger partial charge in [-0.1, -0.05) is 30.3 Å². The van der Waals surface area contributed by atoms with Crippen LogP contribution in [0.2, 0.25) is 0 Å². The molecule has 1 fully saturated rings. The molecular formula is C23H27N3O2. The Morgan fingerprint density at radius 3 is 2.57 bits per heavy atom. The van der Waals surface area contributed by atoms with Crippen LogP contribution in [-0.4, -0.2) is 37.6 Å². The normalized spacial score (nSPS) is 15.0. The second-order valence-electron chi connectivity index (χ2n) is 7.11. The maximum atomic E-state index is 12.4. The first-order chi connectivity index (χ1) is 13.7. The molecule has 1 N–H and O–H groups in total. The van der Waals surface area contributed by atoms with Gasteiger partial charge in [-0.2, -0.15) is 5.26 Å². The van der Waals surface area contributed by atoms with Crippen molar-refractivity contribution in [1.82, 2.24) is 10.2 Å². The van der Waals surface area contributed by atoms with Gasteiger partial charge in [0.2, 0.25) is 5.91 Å². The number of amides is 1. The summed E-state index contributed by atoms with van der Waals surface area (Å²) in [5, 5.41) is 12.0. The van der Waals surface area contributed by atoms with Gasteiger partial charge in [0.25, 0.3) is 0 Å². The molecule has 3 rings (SSSR count). The maximum absolute atomic E-state index is 12.4. The quantitative estimate of drug-likeness (QED) is 0.765. The molecule has 5 heteroatoms. The van der Waals surface area contributed by atoms with Gasteiger partial charge in [-0.15, -0.1) is 0 Å². The van der Waals surface area contributed by atoms with E-state index in [2.05, 4.69) is 22.4 Å². The highest BCUT2D eigenvalue weighted by molar-refractivity contribution is 5.76. The molecule has 1 saturated heterocycles. The molecule has 1 aliphatic heterocycles. The van der Waals surface area contributed by atoms with Crippen LogP contribution in [0.4, 0.5) is 0 Å². The second kappa shape index (κ2) is 9.91. The molecule has 1 aliphatic rings. The van der Waals surface area contributed by atoms with Crippen LogP contribution < -0.4 is 10.1 Å². The van der Waals surface area contributed by atoms with Crippen LogP contribution >= 0.6 is 0 Å². The minimum atomic E-state index is 0.0449. The van der Waals surface area contributed by atoms with E-state index in [1.165, 1.54) is 12.8 Å². The van der Waals surface area contributed by atoms with E-state index >= 15 is 0 Å². The fourth-order valence-corrected chi connectivity index (χ4v) is 3.73. The number of carbonyl (C=O) groups is 1. The fourth-order valence-electron chi connectivity index (χ4n) is 3.73. The van der Waals surface area contributed by atoms with Crippen molar-refractivity contribution in [1.29, 1.82) is 5.26 Å². The molecule has 1 heterocycles. The maximum Gasteiger partial charge on any atom is 0.220 e. The third-order valence-electron chi connectivity index (χ3n) is 5.30. The number of hydrogen-bond acceptors (Lipinski definition) is 4. The fraction of sp³-hybridized carbons (Fsp3) is 0.391. The highest BCUT2D eigenvalue weighted by Gasteiger charge is 2.26. The molecule has 28 heavy (non-hydrogen) atoms.